The monoisotopic (exact) mass is 534 g/mol. The molecule has 3 rings (SSSR count). The number of unbranched alkanes of at least 4 members (excludes halogenated alkanes) is 1. The maximum Gasteiger partial charge on any atom is 0.226 e. The molecule has 0 atom stereocenters. The molecule has 0 spiro atoms. The second-order valence-electron chi connectivity index (χ2n) is 7.11. The molecule has 0 unspecified atom stereocenters. The van der Waals surface area contributed by atoms with E-state index in [-0.39, 0.29) is 24.0 Å². The molecule has 0 aliphatic rings. The Morgan fingerprint density at radius 3 is 2.55 bits per heavy atom. The van der Waals surface area contributed by atoms with E-state index in [9.17, 15) is 0 Å². The van der Waals surface area contributed by atoms with Crippen molar-refractivity contribution in [1.29, 1.82) is 0 Å². The molecule has 6 nitrogen and oxygen atoms in total. The van der Waals surface area contributed by atoms with Crippen LogP contribution in [-0.4, -0.2) is 31.1 Å². The number of aliphatic imine (C=N–C) groups is 1. The molecule has 2 aromatic carbocycles. The Morgan fingerprint density at radius 2 is 1.81 bits per heavy atom. The Balaban J connectivity index is 0.00000341. The van der Waals surface area contributed by atoms with Crippen molar-refractivity contribution in [2.24, 2.45) is 4.99 Å². The molecule has 0 bridgehead atoms. The van der Waals surface area contributed by atoms with Crippen molar-refractivity contribution in [3.63, 3.8) is 0 Å². The SMILES string of the molecule is CN=C(NCCCCOCc1ccccc1)NCc1coc(-c2ccc(C)cc2)n1.I. The fraction of sp³-hybridized carbons (Fsp3) is 0.333. The molecule has 0 saturated heterocycles. The highest BCUT2D eigenvalue weighted by Gasteiger charge is 2.07. The van der Waals surface area contributed by atoms with Gasteiger partial charge in [0.15, 0.2) is 5.96 Å². The zero-order chi connectivity index (χ0) is 21.0. The topological polar surface area (TPSA) is 71.7 Å². The average Bonchev–Trinajstić information content (AvgIpc) is 3.25. The number of rotatable bonds is 10. The normalized spacial score (nSPS) is 11.1. The van der Waals surface area contributed by atoms with Gasteiger partial charge in [0.05, 0.1) is 18.8 Å². The maximum atomic E-state index is 5.71. The molecule has 0 fully saturated rings. The van der Waals surface area contributed by atoms with Crippen LogP contribution in [0.5, 0.6) is 0 Å². The quantitative estimate of drug-likeness (QED) is 0.167. The van der Waals surface area contributed by atoms with Gasteiger partial charge in [0.2, 0.25) is 5.89 Å². The Hall–Kier alpha value is -2.39. The summed E-state index contributed by atoms with van der Waals surface area (Å²) in [4.78, 5) is 8.80. The van der Waals surface area contributed by atoms with E-state index in [4.69, 9.17) is 9.15 Å². The number of oxazole rings is 1. The van der Waals surface area contributed by atoms with Gasteiger partial charge in [-0.1, -0.05) is 48.0 Å². The molecule has 31 heavy (non-hydrogen) atoms. The lowest BCUT2D eigenvalue weighted by Crippen LogP contribution is -2.37. The Morgan fingerprint density at radius 1 is 1.03 bits per heavy atom. The van der Waals surface area contributed by atoms with Crippen LogP contribution in [0.25, 0.3) is 11.5 Å². The number of nitrogens with one attached hydrogen (secondary N) is 2. The third kappa shape index (κ3) is 8.70. The van der Waals surface area contributed by atoms with Crippen LogP contribution in [0.4, 0.5) is 0 Å². The summed E-state index contributed by atoms with van der Waals surface area (Å²) in [5.74, 6) is 1.38. The van der Waals surface area contributed by atoms with E-state index in [0.29, 0.717) is 19.0 Å². The molecule has 1 heterocycles. The number of benzene rings is 2. The van der Waals surface area contributed by atoms with Gasteiger partial charge in [0.1, 0.15) is 6.26 Å². The van der Waals surface area contributed by atoms with Crippen molar-refractivity contribution in [2.75, 3.05) is 20.2 Å². The molecule has 0 aliphatic carbocycles. The molecule has 0 aliphatic heterocycles. The molecule has 0 amide bonds. The smallest absolute Gasteiger partial charge is 0.226 e. The van der Waals surface area contributed by atoms with Crippen LogP contribution in [0.3, 0.4) is 0 Å². The lowest BCUT2D eigenvalue weighted by atomic mass is 10.1. The first-order valence-electron chi connectivity index (χ1n) is 10.3. The number of hydrogen-bond acceptors (Lipinski definition) is 4. The highest BCUT2D eigenvalue weighted by molar-refractivity contribution is 14.0. The van der Waals surface area contributed by atoms with Crippen LogP contribution in [0.15, 0.2) is 70.3 Å². The van der Waals surface area contributed by atoms with Gasteiger partial charge < -0.3 is 19.8 Å². The molecule has 3 aromatic rings. The summed E-state index contributed by atoms with van der Waals surface area (Å²) in [6.07, 6.45) is 3.69. The number of aryl methyl sites for hydroxylation is 1. The summed E-state index contributed by atoms with van der Waals surface area (Å²) in [7, 11) is 1.76. The van der Waals surface area contributed by atoms with Gasteiger partial charge >= 0.3 is 0 Å². The van der Waals surface area contributed by atoms with Gasteiger partial charge in [-0.15, -0.1) is 24.0 Å². The summed E-state index contributed by atoms with van der Waals surface area (Å²) in [6.45, 7) is 4.87. The van der Waals surface area contributed by atoms with E-state index < -0.39 is 0 Å². The maximum absolute atomic E-state index is 5.71. The van der Waals surface area contributed by atoms with Gasteiger partial charge in [0, 0.05) is 25.8 Å². The second-order valence-corrected chi connectivity index (χ2v) is 7.11. The first-order chi connectivity index (χ1) is 14.7. The van der Waals surface area contributed by atoms with Crippen LogP contribution in [0, 0.1) is 6.92 Å². The number of nitrogens with zero attached hydrogens (tertiary/aromatic N) is 2. The van der Waals surface area contributed by atoms with Crippen LogP contribution in [0.1, 0.15) is 29.7 Å². The lowest BCUT2D eigenvalue weighted by Gasteiger charge is -2.10. The predicted molar refractivity (Wildman–Crippen MR) is 136 cm³/mol. The molecular formula is C24H31IN4O2. The predicted octanol–water partition coefficient (Wildman–Crippen LogP) is 4.93. The highest BCUT2D eigenvalue weighted by Crippen LogP contribution is 2.18. The van der Waals surface area contributed by atoms with Crippen molar-refractivity contribution in [3.8, 4) is 11.5 Å². The molecule has 0 saturated carbocycles. The average molecular weight is 534 g/mol. The first-order valence-corrected chi connectivity index (χ1v) is 10.3. The minimum Gasteiger partial charge on any atom is -0.444 e. The second kappa shape index (κ2) is 13.8. The Kier molecular flexibility index (Phi) is 11.1. The minimum atomic E-state index is 0. The molecule has 166 valence electrons. The van der Waals surface area contributed by atoms with Crippen molar-refractivity contribution in [1.82, 2.24) is 15.6 Å². The third-order valence-corrected chi connectivity index (χ3v) is 4.63. The van der Waals surface area contributed by atoms with Gasteiger partial charge in [0.25, 0.3) is 0 Å². The van der Waals surface area contributed by atoms with E-state index in [1.807, 2.05) is 30.3 Å². The number of hydrogen-bond donors (Lipinski definition) is 2. The standard InChI is InChI=1S/C24H30N4O2.HI/c1-19-10-12-21(13-11-19)23-28-22(18-30-23)16-27-24(25-2)26-14-6-7-15-29-17-20-8-4-3-5-9-20;/h3-5,8-13,18H,6-7,14-17H2,1-2H3,(H2,25,26,27);1H. The summed E-state index contributed by atoms with van der Waals surface area (Å²) < 4.78 is 11.3. The third-order valence-electron chi connectivity index (χ3n) is 4.63. The number of guanidine groups is 1. The summed E-state index contributed by atoms with van der Waals surface area (Å²) >= 11 is 0. The van der Waals surface area contributed by atoms with Gasteiger partial charge in [-0.3, -0.25) is 4.99 Å². The zero-order valence-corrected chi connectivity index (χ0v) is 20.5. The summed E-state index contributed by atoms with van der Waals surface area (Å²) in [5.41, 5.74) is 4.23. The molecule has 7 heteroatoms. The highest BCUT2D eigenvalue weighted by atomic mass is 127. The Labute approximate surface area is 201 Å². The van der Waals surface area contributed by atoms with E-state index in [0.717, 1.165) is 43.2 Å². The molecule has 1 aromatic heterocycles. The van der Waals surface area contributed by atoms with Gasteiger partial charge in [-0.05, 0) is 37.5 Å². The number of ether oxygens (including phenoxy) is 1. The van der Waals surface area contributed by atoms with E-state index in [2.05, 4.69) is 51.8 Å². The van der Waals surface area contributed by atoms with Crippen molar-refractivity contribution in [2.45, 2.75) is 32.9 Å². The largest absolute Gasteiger partial charge is 0.444 e. The molecule has 0 radical (unpaired) electrons. The van der Waals surface area contributed by atoms with E-state index >= 15 is 0 Å². The van der Waals surface area contributed by atoms with Gasteiger partial charge in [-0.2, -0.15) is 0 Å². The zero-order valence-electron chi connectivity index (χ0n) is 18.1. The van der Waals surface area contributed by atoms with Crippen molar-refractivity contribution < 1.29 is 9.15 Å². The van der Waals surface area contributed by atoms with Crippen LogP contribution >= 0.6 is 24.0 Å². The Bertz CT molecular complexity index is 911. The summed E-state index contributed by atoms with van der Waals surface area (Å²) in [6, 6.07) is 18.4. The van der Waals surface area contributed by atoms with Crippen molar-refractivity contribution >= 4 is 29.9 Å². The van der Waals surface area contributed by atoms with Crippen molar-refractivity contribution in [3.05, 3.63) is 77.7 Å². The van der Waals surface area contributed by atoms with E-state index in [1.165, 1.54) is 11.1 Å². The first kappa shape index (κ1) is 24.9. The fourth-order valence-electron chi connectivity index (χ4n) is 2.91. The fourth-order valence-corrected chi connectivity index (χ4v) is 2.91. The van der Waals surface area contributed by atoms with Crippen LogP contribution in [0.2, 0.25) is 0 Å². The molecular weight excluding hydrogens is 503 g/mol. The van der Waals surface area contributed by atoms with Crippen LogP contribution < -0.4 is 10.6 Å². The van der Waals surface area contributed by atoms with Crippen LogP contribution in [-0.2, 0) is 17.9 Å². The number of halogens is 1. The number of aromatic nitrogens is 1. The summed E-state index contributed by atoms with van der Waals surface area (Å²) in [5, 5.41) is 6.59. The van der Waals surface area contributed by atoms with E-state index in [1.54, 1.807) is 13.3 Å². The van der Waals surface area contributed by atoms with Gasteiger partial charge in [-0.25, -0.2) is 4.98 Å². The molecule has 2 N–H and O–H groups in total. The lowest BCUT2D eigenvalue weighted by molar-refractivity contribution is 0.117. The minimum absolute atomic E-state index is 0.